The number of carbonyl (C=O) groups is 3. The van der Waals surface area contributed by atoms with Crippen molar-refractivity contribution in [3.05, 3.63) is 0 Å². The number of esters is 3. The molecule has 0 aliphatic rings. The molecular weight excluding hydrogens is 865 g/mol. The van der Waals surface area contributed by atoms with E-state index in [0.29, 0.717) is 19.3 Å². The second-order valence-corrected chi connectivity index (χ2v) is 22.8. The lowest BCUT2D eigenvalue weighted by atomic mass is 9.99. The summed E-state index contributed by atoms with van der Waals surface area (Å²) in [5.41, 5.74) is 0. The standard InChI is InChI=1S/C64H124O6/c1-6-8-9-10-11-12-13-14-15-16-17-21-24-27-30-33-39-44-49-54-62(65)68-57-61(58-69-63(66)55-50-45-40-36-35-37-42-47-52-59(3)4)70-64(67)56-51-46-41-34-31-28-25-22-19-18-20-23-26-29-32-38-43-48-53-60(5)7-2/h59-61H,6-58H2,1-5H3/t60?,61-/m0/s1. The van der Waals surface area contributed by atoms with Gasteiger partial charge in [0, 0.05) is 19.3 Å². The Morgan fingerprint density at radius 2 is 0.543 bits per heavy atom. The number of ether oxygens (including phenoxy) is 3. The predicted molar refractivity (Wildman–Crippen MR) is 303 cm³/mol. The molecule has 1 unspecified atom stereocenters. The van der Waals surface area contributed by atoms with Crippen molar-refractivity contribution in [1.29, 1.82) is 0 Å². The van der Waals surface area contributed by atoms with Gasteiger partial charge in [0.1, 0.15) is 13.2 Å². The molecule has 0 aliphatic heterocycles. The van der Waals surface area contributed by atoms with Crippen LogP contribution in [0.3, 0.4) is 0 Å². The summed E-state index contributed by atoms with van der Waals surface area (Å²) in [6, 6.07) is 0. The van der Waals surface area contributed by atoms with Crippen LogP contribution >= 0.6 is 0 Å². The first kappa shape index (κ1) is 68.4. The van der Waals surface area contributed by atoms with Crippen LogP contribution in [0.5, 0.6) is 0 Å². The van der Waals surface area contributed by atoms with Crippen LogP contribution in [-0.2, 0) is 28.6 Å². The van der Waals surface area contributed by atoms with Crippen LogP contribution in [0.2, 0.25) is 0 Å². The maximum absolute atomic E-state index is 12.9. The van der Waals surface area contributed by atoms with Gasteiger partial charge in [0.2, 0.25) is 0 Å². The highest BCUT2D eigenvalue weighted by atomic mass is 16.6. The van der Waals surface area contributed by atoms with Crippen LogP contribution in [0.15, 0.2) is 0 Å². The van der Waals surface area contributed by atoms with E-state index in [1.54, 1.807) is 0 Å². The van der Waals surface area contributed by atoms with E-state index in [2.05, 4.69) is 34.6 Å². The highest BCUT2D eigenvalue weighted by molar-refractivity contribution is 5.71. The van der Waals surface area contributed by atoms with Gasteiger partial charge in [0.05, 0.1) is 0 Å². The number of carbonyl (C=O) groups excluding carboxylic acids is 3. The van der Waals surface area contributed by atoms with Crippen LogP contribution in [0.1, 0.15) is 362 Å². The van der Waals surface area contributed by atoms with Gasteiger partial charge in [-0.2, -0.15) is 0 Å². The summed E-state index contributed by atoms with van der Waals surface area (Å²) < 4.78 is 16.9. The molecule has 0 aliphatic carbocycles. The summed E-state index contributed by atoms with van der Waals surface area (Å²) in [5.74, 6) is 0.869. The zero-order chi connectivity index (χ0) is 51.1. The number of hydrogen-bond acceptors (Lipinski definition) is 6. The fraction of sp³-hybridized carbons (Fsp3) is 0.953. The van der Waals surface area contributed by atoms with Crippen molar-refractivity contribution in [2.45, 2.75) is 368 Å². The van der Waals surface area contributed by atoms with Crippen molar-refractivity contribution < 1.29 is 28.6 Å². The summed E-state index contributed by atoms with van der Waals surface area (Å²) in [5, 5.41) is 0. The summed E-state index contributed by atoms with van der Waals surface area (Å²) in [6.45, 7) is 11.4. The van der Waals surface area contributed by atoms with Crippen LogP contribution in [0, 0.1) is 11.8 Å². The lowest BCUT2D eigenvalue weighted by Crippen LogP contribution is -2.30. The van der Waals surface area contributed by atoms with Gasteiger partial charge in [-0.1, -0.05) is 324 Å². The molecule has 0 saturated heterocycles. The molecule has 0 N–H and O–H groups in total. The van der Waals surface area contributed by atoms with Crippen LogP contribution < -0.4 is 0 Å². The van der Waals surface area contributed by atoms with Gasteiger partial charge in [-0.3, -0.25) is 14.4 Å². The Balaban J connectivity index is 4.21. The lowest BCUT2D eigenvalue weighted by Gasteiger charge is -2.18. The van der Waals surface area contributed by atoms with Crippen molar-refractivity contribution in [3.63, 3.8) is 0 Å². The SMILES string of the molecule is CCCCCCCCCCCCCCCCCCCCCC(=O)OC[C@@H](COC(=O)CCCCCCCCCCC(C)C)OC(=O)CCCCCCCCCCCCCCCCCCCCC(C)CC. The van der Waals surface area contributed by atoms with E-state index in [9.17, 15) is 14.4 Å². The summed E-state index contributed by atoms with van der Waals surface area (Å²) in [7, 11) is 0. The minimum atomic E-state index is -0.764. The summed E-state index contributed by atoms with van der Waals surface area (Å²) in [6.07, 6.45) is 62.5. The largest absolute Gasteiger partial charge is 0.462 e. The zero-order valence-corrected chi connectivity index (χ0v) is 48.2. The van der Waals surface area contributed by atoms with E-state index in [0.717, 1.165) is 69.6 Å². The van der Waals surface area contributed by atoms with Crippen LogP contribution in [0.4, 0.5) is 0 Å². The Morgan fingerprint density at radius 3 is 0.814 bits per heavy atom. The Kier molecular flexibility index (Phi) is 55.4. The van der Waals surface area contributed by atoms with Gasteiger partial charge < -0.3 is 14.2 Å². The average Bonchev–Trinajstić information content (AvgIpc) is 3.35. The molecule has 0 aromatic rings. The van der Waals surface area contributed by atoms with Crippen molar-refractivity contribution in [2.75, 3.05) is 13.2 Å². The first-order valence-corrected chi connectivity index (χ1v) is 31.8. The third kappa shape index (κ3) is 55.7. The molecule has 0 saturated carbocycles. The molecule has 0 spiro atoms. The highest BCUT2D eigenvalue weighted by Gasteiger charge is 2.19. The molecule has 416 valence electrons. The van der Waals surface area contributed by atoms with E-state index in [4.69, 9.17) is 14.2 Å². The van der Waals surface area contributed by atoms with E-state index >= 15 is 0 Å². The van der Waals surface area contributed by atoms with E-state index < -0.39 is 6.10 Å². The number of hydrogen-bond donors (Lipinski definition) is 0. The monoisotopic (exact) mass is 989 g/mol. The van der Waals surface area contributed by atoms with Crippen molar-refractivity contribution in [2.24, 2.45) is 11.8 Å². The molecule has 0 rings (SSSR count). The molecule has 0 heterocycles. The maximum atomic E-state index is 12.9. The predicted octanol–water partition coefficient (Wildman–Crippen LogP) is 21.2. The first-order chi connectivity index (χ1) is 34.3. The molecule has 0 radical (unpaired) electrons. The van der Waals surface area contributed by atoms with Crippen molar-refractivity contribution >= 4 is 17.9 Å². The molecule has 0 fully saturated rings. The summed E-state index contributed by atoms with van der Waals surface area (Å²) in [4.78, 5) is 38.2. The van der Waals surface area contributed by atoms with E-state index in [-0.39, 0.29) is 31.1 Å². The second-order valence-electron chi connectivity index (χ2n) is 22.8. The van der Waals surface area contributed by atoms with Crippen molar-refractivity contribution in [1.82, 2.24) is 0 Å². The number of rotatable bonds is 58. The lowest BCUT2D eigenvalue weighted by molar-refractivity contribution is -0.167. The fourth-order valence-corrected chi connectivity index (χ4v) is 9.90. The Hall–Kier alpha value is -1.59. The maximum Gasteiger partial charge on any atom is 0.306 e. The molecule has 2 atom stereocenters. The van der Waals surface area contributed by atoms with Gasteiger partial charge >= 0.3 is 17.9 Å². The average molecular weight is 990 g/mol. The second kappa shape index (κ2) is 56.7. The topological polar surface area (TPSA) is 78.9 Å². The molecule has 0 bridgehead atoms. The Bertz CT molecular complexity index is 1070. The molecular formula is C64H124O6. The first-order valence-electron chi connectivity index (χ1n) is 31.8. The smallest absolute Gasteiger partial charge is 0.306 e. The minimum absolute atomic E-state index is 0.0625. The van der Waals surface area contributed by atoms with Gasteiger partial charge in [0.15, 0.2) is 6.10 Å². The van der Waals surface area contributed by atoms with Crippen LogP contribution in [-0.4, -0.2) is 37.2 Å². The Morgan fingerprint density at radius 1 is 0.300 bits per heavy atom. The van der Waals surface area contributed by atoms with Gasteiger partial charge in [0.25, 0.3) is 0 Å². The summed E-state index contributed by atoms with van der Waals surface area (Å²) >= 11 is 0. The molecule has 0 aromatic heterocycles. The van der Waals surface area contributed by atoms with Crippen molar-refractivity contribution in [3.8, 4) is 0 Å². The molecule has 0 amide bonds. The third-order valence-electron chi connectivity index (χ3n) is 15.1. The normalized spacial score (nSPS) is 12.4. The van der Waals surface area contributed by atoms with Gasteiger partial charge in [-0.05, 0) is 31.1 Å². The van der Waals surface area contributed by atoms with E-state index in [1.165, 1.54) is 250 Å². The molecule has 6 nitrogen and oxygen atoms in total. The third-order valence-corrected chi connectivity index (χ3v) is 15.1. The minimum Gasteiger partial charge on any atom is -0.462 e. The fourth-order valence-electron chi connectivity index (χ4n) is 9.90. The van der Waals surface area contributed by atoms with Gasteiger partial charge in [-0.25, -0.2) is 0 Å². The quantitative estimate of drug-likeness (QED) is 0.0343. The molecule has 6 heteroatoms. The van der Waals surface area contributed by atoms with Crippen LogP contribution in [0.25, 0.3) is 0 Å². The molecule has 0 aromatic carbocycles. The Labute approximate surface area is 438 Å². The molecule has 70 heavy (non-hydrogen) atoms. The van der Waals surface area contributed by atoms with E-state index in [1.807, 2.05) is 0 Å². The zero-order valence-electron chi connectivity index (χ0n) is 48.2. The number of unbranched alkanes of at least 4 members (excludes halogenated alkanes) is 42. The highest BCUT2D eigenvalue weighted by Crippen LogP contribution is 2.19. The van der Waals surface area contributed by atoms with Gasteiger partial charge in [-0.15, -0.1) is 0 Å².